The van der Waals surface area contributed by atoms with E-state index >= 15 is 0 Å². The Morgan fingerprint density at radius 3 is 2.94 bits per heavy atom. The zero-order chi connectivity index (χ0) is 11.8. The van der Waals surface area contributed by atoms with E-state index in [0.29, 0.717) is 5.92 Å². The number of hydrogen-bond donors (Lipinski definition) is 1. The van der Waals surface area contributed by atoms with Crippen LogP contribution in [0.5, 0.6) is 0 Å². The van der Waals surface area contributed by atoms with Gasteiger partial charge in [0.25, 0.3) is 0 Å². The van der Waals surface area contributed by atoms with Gasteiger partial charge in [-0.2, -0.15) is 0 Å². The monoisotopic (exact) mass is 263 g/mol. The summed E-state index contributed by atoms with van der Waals surface area (Å²) in [5.41, 5.74) is 4.18. The van der Waals surface area contributed by atoms with Gasteiger partial charge in [-0.3, -0.25) is 0 Å². The maximum Gasteiger partial charge on any atom is 0.0934 e. The Hall–Kier alpha value is -0.830. The molecule has 1 unspecified atom stereocenters. The van der Waals surface area contributed by atoms with Crippen LogP contribution in [0.2, 0.25) is 4.34 Å². The number of rotatable bonds is 1. The molecule has 0 bridgehead atoms. The molecule has 1 aliphatic heterocycles. The molecule has 3 rings (SSSR count). The van der Waals surface area contributed by atoms with Gasteiger partial charge in [-0.1, -0.05) is 35.9 Å². The molecule has 1 atom stereocenters. The van der Waals surface area contributed by atoms with Crippen LogP contribution in [0, 0.1) is 6.92 Å². The lowest BCUT2D eigenvalue weighted by Gasteiger charge is -2.25. The second-order valence-corrected chi connectivity index (χ2v) is 6.24. The fourth-order valence-electron chi connectivity index (χ4n) is 2.54. The quantitative estimate of drug-likeness (QED) is 0.822. The highest BCUT2D eigenvalue weighted by atomic mass is 35.5. The summed E-state index contributed by atoms with van der Waals surface area (Å²) in [6, 6.07) is 10.8. The van der Waals surface area contributed by atoms with Crippen molar-refractivity contribution in [3.63, 3.8) is 0 Å². The Morgan fingerprint density at radius 1 is 1.29 bits per heavy atom. The first-order chi connectivity index (χ1) is 8.25. The zero-order valence-electron chi connectivity index (χ0n) is 9.66. The molecule has 2 heterocycles. The Balaban J connectivity index is 2.09. The highest BCUT2D eigenvalue weighted by Crippen LogP contribution is 2.38. The van der Waals surface area contributed by atoms with Crippen molar-refractivity contribution in [3.05, 3.63) is 56.2 Å². The number of halogens is 1. The van der Waals surface area contributed by atoms with Gasteiger partial charge in [0.05, 0.1) is 4.34 Å². The van der Waals surface area contributed by atoms with Crippen LogP contribution >= 0.6 is 22.9 Å². The second-order valence-electron chi connectivity index (χ2n) is 4.47. The molecule has 0 aliphatic carbocycles. The number of aryl methyl sites for hydroxylation is 1. The van der Waals surface area contributed by atoms with Crippen LogP contribution in [0.3, 0.4) is 0 Å². The van der Waals surface area contributed by atoms with Gasteiger partial charge in [-0.15, -0.1) is 11.3 Å². The molecule has 0 amide bonds. The lowest BCUT2D eigenvalue weighted by molar-refractivity contribution is 0.599. The van der Waals surface area contributed by atoms with E-state index in [1.807, 2.05) is 0 Å². The minimum atomic E-state index is 0.448. The Bertz CT molecular complexity index is 547. The minimum absolute atomic E-state index is 0.448. The molecule has 1 aromatic carbocycles. The molecule has 1 aromatic heterocycles. The van der Waals surface area contributed by atoms with Gasteiger partial charge in [0, 0.05) is 23.9 Å². The van der Waals surface area contributed by atoms with Gasteiger partial charge in [0.15, 0.2) is 0 Å². The lowest BCUT2D eigenvalue weighted by atomic mass is 9.87. The fourth-order valence-corrected chi connectivity index (χ4v) is 3.85. The van der Waals surface area contributed by atoms with Crippen molar-refractivity contribution in [1.82, 2.24) is 5.32 Å². The molecule has 1 aliphatic rings. The van der Waals surface area contributed by atoms with Crippen molar-refractivity contribution >= 4 is 22.9 Å². The van der Waals surface area contributed by atoms with Crippen molar-refractivity contribution in [3.8, 4) is 0 Å². The normalized spacial score (nSPS) is 19.1. The second kappa shape index (κ2) is 4.45. The van der Waals surface area contributed by atoms with Crippen LogP contribution in [0.1, 0.15) is 27.5 Å². The average molecular weight is 264 g/mol. The molecule has 0 radical (unpaired) electrons. The van der Waals surface area contributed by atoms with Gasteiger partial charge >= 0.3 is 0 Å². The molecule has 1 nitrogen and oxygen atoms in total. The standard InChI is InChI=1S/C14H14ClNS/c1-9-4-2-3-5-10(9)12-7-16-8-13-11(12)6-14(15)17-13/h2-6,12,16H,7-8H2,1H3. The Kier molecular flexibility index (Phi) is 2.95. The average Bonchev–Trinajstić information content (AvgIpc) is 2.70. The molecule has 1 N–H and O–H groups in total. The van der Waals surface area contributed by atoms with Crippen molar-refractivity contribution in [1.29, 1.82) is 0 Å². The van der Waals surface area contributed by atoms with Gasteiger partial charge in [0.2, 0.25) is 0 Å². The molecule has 0 spiro atoms. The molecule has 2 aromatic rings. The number of benzene rings is 1. The van der Waals surface area contributed by atoms with Crippen LogP contribution in [-0.2, 0) is 6.54 Å². The molecular formula is C14H14ClNS. The largest absolute Gasteiger partial charge is 0.311 e. The fraction of sp³-hybridized carbons (Fsp3) is 0.286. The van der Waals surface area contributed by atoms with Crippen LogP contribution in [0.25, 0.3) is 0 Å². The summed E-state index contributed by atoms with van der Waals surface area (Å²) in [6.45, 7) is 4.14. The maximum absolute atomic E-state index is 6.13. The molecule has 17 heavy (non-hydrogen) atoms. The number of fused-ring (bicyclic) bond motifs is 1. The van der Waals surface area contributed by atoms with E-state index in [1.165, 1.54) is 21.6 Å². The topological polar surface area (TPSA) is 12.0 Å². The van der Waals surface area contributed by atoms with Crippen LogP contribution < -0.4 is 5.32 Å². The molecular weight excluding hydrogens is 250 g/mol. The van der Waals surface area contributed by atoms with Gasteiger partial charge in [-0.05, 0) is 29.7 Å². The zero-order valence-corrected chi connectivity index (χ0v) is 11.2. The van der Waals surface area contributed by atoms with E-state index in [9.17, 15) is 0 Å². The van der Waals surface area contributed by atoms with Crippen molar-refractivity contribution in [2.75, 3.05) is 6.54 Å². The molecule has 3 heteroatoms. The Labute approximate surface area is 110 Å². The first-order valence-electron chi connectivity index (χ1n) is 5.80. The van der Waals surface area contributed by atoms with Gasteiger partial charge in [0.1, 0.15) is 0 Å². The highest BCUT2D eigenvalue weighted by molar-refractivity contribution is 7.16. The van der Waals surface area contributed by atoms with E-state index in [0.717, 1.165) is 17.4 Å². The third-order valence-corrected chi connectivity index (χ3v) is 4.66. The predicted molar refractivity (Wildman–Crippen MR) is 74.1 cm³/mol. The molecule has 0 saturated carbocycles. The van der Waals surface area contributed by atoms with Gasteiger partial charge in [-0.25, -0.2) is 0 Å². The van der Waals surface area contributed by atoms with E-state index in [4.69, 9.17) is 11.6 Å². The van der Waals surface area contributed by atoms with E-state index in [1.54, 1.807) is 11.3 Å². The lowest BCUT2D eigenvalue weighted by Crippen LogP contribution is -2.27. The predicted octanol–water partition coefficient (Wildman–Crippen LogP) is 3.95. The summed E-state index contributed by atoms with van der Waals surface area (Å²) in [7, 11) is 0. The van der Waals surface area contributed by atoms with Gasteiger partial charge < -0.3 is 5.32 Å². The number of thiophene rings is 1. The van der Waals surface area contributed by atoms with E-state index in [2.05, 4.69) is 42.6 Å². The third-order valence-electron chi connectivity index (χ3n) is 3.38. The summed E-state index contributed by atoms with van der Waals surface area (Å²) >= 11 is 7.83. The van der Waals surface area contributed by atoms with Crippen LogP contribution in [0.4, 0.5) is 0 Å². The summed E-state index contributed by atoms with van der Waals surface area (Å²) in [6.07, 6.45) is 0. The van der Waals surface area contributed by atoms with E-state index in [-0.39, 0.29) is 0 Å². The van der Waals surface area contributed by atoms with Crippen molar-refractivity contribution < 1.29 is 0 Å². The molecule has 0 saturated heterocycles. The summed E-state index contributed by atoms with van der Waals surface area (Å²) in [5, 5.41) is 3.48. The Morgan fingerprint density at radius 2 is 2.12 bits per heavy atom. The van der Waals surface area contributed by atoms with E-state index < -0.39 is 0 Å². The van der Waals surface area contributed by atoms with Crippen molar-refractivity contribution in [2.45, 2.75) is 19.4 Å². The summed E-state index contributed by atoms with van der Waals surface area (Å²) < 4.78 is 0.900. The molecule has 0 fully saturated rings. The number of hydrogen-bond acceptors (Lipinski definition) is 2. The maximum atomic E-state index is 6.13. The molecule has 88 valence electrons. The van der Waals surface area contributed by atoms with Crippen LogP contribution in [-0.4, -0.2) is 6.54 Å². The summed E-state index contributed by atoms with van der Waals surface area (Å²) in [5.74, 6) is 0.448. The first kappa shape index (κ1) is 11.3. The number of nitrogens with one attached hydrogen (secondary N) is 1. The SMILES string of the molecule is Cc1ccccc1C1CNCc2sc(Cl)cc21. The summed E-state index contributed by atoms with van der Waals surface area (Å²) in [4.78, 5) is 1.38. The van der Waals surface area contributed by atoms with Crippen molar-refractivity contribution in [2.24, 2.45) is 0 Å². The minimum Gasteiger partial charge on any atom is -0.311 e. The first-order valence-corrected chi connectivity index (χ1v) is 6.99. The van der Waals surface area contributed by atoms with Crippen LogP contribution in [0.15, 0.2) is 30.3 Å². The third kappa shape index (κ3) is 2.01. The highest BCUT2D eigenvalue weighted by Gasteiger charge is 2.24. The smallest absolute Gasteiger partial charge is 0.0934 e.